The van der Waals surface area contributed by atoms with E-state index in [0.29, 0.717) is 17.8 Å². The molecule has 0 bridgehead atoms. The first-order valence-corrected chi connectivity index (χ1v) is 7.91. The third-order valence-electron chi connectivity index (χ3n) is 4.23. The van der Waals surface area contributed by atoms with Gasteiger partial charge in [-0.15, -0.1) is 0 Å². The summed E-state index contributed by atoms with van der Waals surface area (Å²) in [5, 5.41) is 5.72. The van der Waals surface area contributed by atoms with E-state index in [1.165, 1.54) is 0 Å². The second-order valence-corrected chi connectivity index (χ2v) is 5.84. The summed E-state index contributed by atoms with van der Waals surface area (Å²) in [6.45, 7) is 2.45. The number of hydrogen-bond donors (Lipinski definition) is 2. The molecule has 0 atom stereocenters. The molecule has 118 valence electrons. The van der Waals surface area contributed by atoms with Crippen LogP contribution >= 0.6 is 0 Å². The molecular formula is C19H20N2O2. The van der Waals surface area contributed by atoms with Crippen molar-refractivity contribution in [2.75, 3.05) is 11.9 Å². The number of hydrogen-bond acceptors (Lipinski definition) is 2. The molecule has 2 aromatic rings. The molecule has 2 amide bonds. The number of amides is 2. The molecule has 0 aromatic heterocycles. The van der Waals surface area contributed by atoms with Crippen LogP contribution in [0, 0.1) is 0 Å². The fourth-order valence-corrected chi connectivity index (χ4v) is 2.78. The maximum absolute atomic E-state index is 12.7. The van der Waals surface area contributed by atoms with Gasteiger partial charge in [0, 0.05) is 17.8 Å². The number of anilines is 1. The highest BCUT2D eigenvalue weighted by Crippen LogP contribution is 2.48. The zero-order chi connectivity index (χ0) is 16.3. The Labute approximate surface area is 135 Å². The third-order valence-corrected chi connectivity index (χ3v) is 4.23. The number of carbonyl (C=O) groups is 2. The van der Waals surface area contributed by atoms with Gasteiger partial charge in [0.15, 0.2) is 0 Å². The van der Waals surface area contributed by atoms with Crippen molar-refractivity contribution in [3.8, 4) is 0 Å². The quantitative estimate of drug-likeness (QED) is 0.891. The van der Waals surface area contributed by atoms with E-state index in [9.17, 15) is 9.59 Å². The van der Waals surface area contributed by atoms with Gasteiger partial charge in [0.1, 0.15) is 0 Å². The monoisotopic (exact) mass is 308 g/mol. The van der Waals surface area contributed by atoms with Crippen LogP contribution in [-0.4, -0.2) is 18.4 Å². The summed E-state index contributed by atoms with van der Waals surface area (Å²) in [7, 11) is 0. The van der Waals surface area contributed by atoms with Gasteiger partial charge in [-0.1, -0.05) is 36.4 Å². The highest BCUT2D eigenvalue weighted by molar-refractivity contribution is 6.02. The summed E-state index contributed by atoms with van der Waals surface area (Å²) in [6.07, 6.45) is 1.72. The topological polar surface area (TPSA) is 58.2 Å². The van der Waals surface area contributed by atoms with E-state index in [1.807, 2.05) is 43.3 Å². The molecule has 0 radical (unpaired) electrons. The van der Waals surface area contributed by atoms with Crippen LogP contribution in [0.2, 0.25) is 0 Å². The third kappa shape index (κ3) is 3.11. The summed E-state index contributed by atoms with van der Waals surface area (Å²) in [5.41, 5.74) is 1.84. The van der Waals surface area contributed by atoms with E-state index in [0.717, 1.165) is 18.4 Å². The van der Waals surface area contributed by atoms with Crippen molar-refractivity contribution in [1.29, 1.82) is 0 Å². The van der Waals surface area contributed by atoms with Gasteiger partial charge in [-0.3, -0.25) is 9.59 Å². The van der Waals surface area contributed by atoms with Crippen LogP contribution in [0.3, 0.4) is 0 Å². The van der Waals surface area contributed by atoms with E-state index in [-0.39, 0.29) is 11.8 Å². The minimum atomic E-state index is -0.414. The Balaban J connectivity index is 1.76. The standard InChI is InChI=1S/C19H20N2O2/c1-2-20-17(22)14-7-6-10-16(13-14)21-18(23)19(11-12-19)15-8-4-3-5-9-15/h3-10,13H,2,11-12H2,1H3,(H,20,22)(H,21,23). The normalized spacial score (nSPS) is 14.8. The van der Waals surface area contributed by atoms with E-state index in [4.69, 9.17) is 0 Å². The van der Waals surface area contributed by atoms with Gasteiger partial charge in [-0.25, -0.2) is 0 Å². The lowest BCUT2D eigenvalue weighted by atomic mass is 9.95. The van der Waals surface area contributed by atoms with Crippen molar-refractivity contribution in [2.24, 2.45) is 0 Å². The maximum Gasteiger partial charge on any atom is 0.251 e. The summed E-state index contributed by atoms with van der Waals surface area (Å²) >= 11 is 0. The van der Waals surface area contributed by atoms with Crippen LogP contribution in [0.15, 0.2) is 54.6 Å². The van der Waals surface area contributed by atoms with Gasteiger partial charge in [0.05, 0.1) is 5.41 Å². The molecule has 0 unspecified atom stereocenters. The summed E-state index contributed by atoms with van der Waals surface area (Å²) in [4.78, 5) is 24.6. The highest BCUT2D eigenvalue weighted by atomic mass is 16.2. The SMILES string of the molecule is CCNC(=O)c1cccc(NC(=O)C2(c3ccccc3)CC2)c1. The Morgan fingerprint density at radius 1 is 1.04 bits per heavy atom. The van der Waals surface area contributed by atoms with E-state index in [1.54, 1.807) is 18.2 Å². The maximum atomic E-state index is 12.7. The lowest BCUT2D eigenvalue weighted by Crippen LogP contribution is -2.28. The second-order valence-electron chi connectivity index (χ2n) is 5.84. The predicted molar refractivity (Wildman–Crippen MR) is 90.4 cm³/mol. The fourth-order valence-electron chi connectivity index (χ4n) is 2.78. The molecule has 0 saturated heterocycles. The van der Waals surface area contributed by atoms with E-state index >= 15 is 0 Å². The minimum Gasteiger partial charge on any atom is -0.352 e. The zero-order valence-electron chi connectivity index (χ0n) is 13.1. The van der Waals surface area contributed by atoms with Gasteiger partial charge >= 0.3 is 0 Å². The summed E-state index contributed by atoms with van der Waals surface area (Å²) in [5.74, 6) is -0.135. The lowest BCUT2D eigenvalue weighted by molar-refractivity contribution is -0.118. The fraction of sp³-hybridized carbons (Fsp3) is 0.263. The van der Waals surface area contributed by atoms with Crippen molar-refractivity contribution < 1.29 is 9.59 Å². The Hall–Kier alpha value is -2.62. The first kappa shape index (κ1) is 15.3. The van der Waals surface area contributed by atoms with Crippen LogP contribution in [0.5, 0.6) is 0 Å². The van der Waals surface area contributed by atoms with Crippen LogP contribution < -0.4 is 10.6 Å². The van der Waals surface area contributed by atoms with Crippen LogP contribution in [0.25, 0.3) is 0 Å². The molecule has 2 aromatic carbocycles. The first-order chi connectivity index (χ1) is 11.2. The molecule has 23 heavy (non-hydrogen) atoms. The second kappa shape index (κ2) is 6.24. The number of carbonyl (C=O) groups excluding carboxylic acids is 2. The molecule has 2 N–H and O–H groups in total. The average Bonchev–Trinajstić information content (AvgIpc) is 3.38. The number of rotatable bonds is 5. The average molecular weight is 308 g/mol. The molecule has 0 spiro atoms. The molecule has 1 fully saturated rings. The smallest absolute Gasteiger partial charge is 0.251 e. The van der Waals surface area contributed by atoms with Crippen LogP contribution in [0.4, 0.5) is 5.69 Å². The summed E-state index contributed by atoms with van der Waals surface area (Å²) < 4.78 is 0. The van der Waals surface area contributed by atoms with E-state index in [2.05, 4.69) is 10.6 Å². The van der Waals surface area contributed by atoms with E-state index < -0.39 is 5.41 Å². The Bertz CT molecular complexity index is 721. The summed E-state index contributed by atoms with van der Waals surface area (Å²) in [6, 6.07) is 16.9. The van der Waals surface area contributed by atoms with Gasteiger partial charge in [-0.2, -0.15) is 0 Å². The van der Waals surface area contributed by atoms with Crippen molar-refractivity contribution in [2.45, 2.75) is 25.2 Å². The van der Waals surface area contributed by atoms with Gasteiger partial charge in [0.2, 0.25) is 5.91 Å². The van der Waals surface area contributed by atoms with Crippen molar-refractivity contribution in [3.05, 3.63) is 65.7 Å². The predicted octanol–water partition coefficient (Wildman–Crippen LogP) is 3.11. The number of benzene rings is 2. The van der Waals surface area contributed by atoms with Crippen molar-refractivity contribution >= 4 is 17.5 Å². The van der Waals surface area contributed by atoms with Crippen LogP contribution in [0.1, 0.15) is 35.7 Å². The van der Waals surface area contributed by atoms with Gasteiger partial charge in [-0.05, 0) is 43.5 Å². The molecule has 4 heteroatoms. The van der Waals surface area contributed by atoms with Gasteiger partial charge in [0.25, 0.3) is 5.91 Å². The number of nitrogens with one attached hydrogen (secondary N) is 2. The Morgan fingerprint density at radius 2 is 1.78 bits per heavy atom. The van der Waals surface area contributed by atoms with Crippen molar-refractivity contribution in [1.82, 2.24) is 5.32 Å². The minimum absolute atomic E-state index is 0.00301. The first-order valence-electron chi connectivity index (χ1n) is 7.91. The molecule has 3 rings (SSSR count). The molecule has 1 aliphatic rings. The highest BCUT2D eigenvalue weighted by Gasteiger charge is 2.51. The molecule has 0 heterocycles. The lowest BCUT2D eigenvalue weighted by Gasteiger charge is -2.16. The molecule has 1 saturated carbocycles. The van der Waals surface area contributed by atoms with Crippen LogP contribution in [-0.2, 0) is 10.2 Å². The largest absolute Gasteiger partial charge is 0.352 e. The molecule has 4 nitrogen and oxygen atoms in total. The van der Waals surface area contributed by atoms with Crippen molar-refractivity contribution in [3.63, 3.8) is 0 Å². The molecule has 0 aliphatic heterocycles. The Morgan fingerprint density at radius 3 is 2.43 bits per heavy atom. The zero-order valence-corrected chi connectivity index (χ0v) is 13.1. The molecular weight excluding hydrogens is 288 g/mol. The molecule has 1 aliphatic carbocycles. The Kier molecular flexibility index (Phi) is 4.15. The van der Waals surface area contributed by atoms with Gasteiger partial charge < -0.3 is 10.6 Å².